The van der Waals surface area contributed by atoms with Gasteiger partial charge in [0, 0.05) is 57.4 Å². The molecule has 1 unspecified atom stereocenters. The number of carbonyl (C=O) groups is 2. The molecule has 0 fully saturated rings. The predicted octanol–water partition coefficient (Wildman–Crippen LogP) is 7.11. The van der Waals surface area contributed by atoms with Gasteiger partial charge in [0.05, 0.1) is 34.6 Å². The molecule has 1 atom stereocenters. The second-order valence-electron chi connectivity index (χ2n) is 18.6. The van der Waals surface area contributed by atoms with Gasteiger partial charge in [0.25, 0.3) is 0 Å². The summed E-state index contributed by atoms with van der Waals surface area (Å²) in [4.78, 5) is 34.6. The van der Waals surface area contributed by atoms with Crippen LogP contribution in [-0.2, 0) is 44.7 Å². The first-order chi connectivity index (χ1) is 26.7. The van der Waals surface area contributed by atoms with Gasteiger partial charge in [0.1, 0.15) is 47.3 Å². The van der Waals surface area contributed by atoms with Crippen LogP contribution in [0.25, 0.3) is 0 Å². The van der Waals surface area contributed by atoms with E-state index in [0.717, 1.165) is 62.4 Å². The molecule has 12 nitrogen and oxygen atoms in total. The van der Waals surface area contributed by atoms with Crippen LogP contribution in [0.15, 0.2) is 23.3 Å². The van der Waals surface area contributed by atoms with Gasteiger partial charge in [0.2, 0.25) is 7.37 Å². The fourth-order valence-corrected chi connectivity index (χ4v) is 10.8. The SMILES string of the molecule is COc1c(C)c2c(c(OCC[Si](C)(C)C)c1C/C=C(\C)CP(C)(=O)O)C(=O)OC2.COc1c(C)c2c(c(OCC[Si](C)(C)C)c1C/C=C(\C)CP(C)(C)=O)C(=O)OC2.[Na+].[OH-]. The summed E-state index contributed by atoms with van der Waals surface area (Å²) in [5, 5.41) is 0. The van der Waals surface area contributed by atoms with Gasteiger partial charge in [-0.25, -0.2) is 9.59 Å². The standard InChI is InChI=1S/C22H35O5PSi.C21H33O6PSi.Na.H2O/c1-15(14-28(4,5)24)9-10-17-20(25-3)16(2)18-13-27-22(23)19(18)21(17)26-11-12-29(6,7)8;1-14(13-28(4,23)24)8-9-16-19(25-3)15(2)17-12-27-21(22)18(17)20(16)26-10-11-29(5,6)7;;/h9H,10-14H2,1-8H3;8H,9-13H2,1-7H3,(H,23,24);;1H2/q;;+1;/p-1/b15-9+;14-8+;;. The van der Waals surface area contributed by atoms with Crippen LogP contribution in [0.2, 0.25) is 51.4 Å². The van der Waals surface area contributed by atoms with Gasteiger partial charge in [0.15, 0.2) is 0 Å². The Morgan fingerprint density at radius 1 is 0.683 bits per heavy atom. The van der Waals surface area contributed by atoms with E-state index in [9.17, 15) is 23.6 Å². The molecule has 2 heterocycles. The minimum absolute atomic E-state index is 0. The van der Waals surface area contributed by atoms with Crippen molar-refractivity contribution in [2.24, 2.45) is 0 Å². The smallest absolute Gasteiger partial charge is 0.870 e. The molecular weight excluding hydrogens is 850 g/mol. The summed E-state index contributed by atoms with van der Waals surface area (Å²) in [7, 11) is -4.63. The van der Waals surface area contributed by atoms with Crippen molar-refractivity contribution in [1.82, 2.24) is 0 Å². The van der Waals surface area contributed by atoms with Crippen LogP contribution in [0.4, 0.5) is 0 Å². The van der Waals surface area contributed by atoms with E-state index in [1.54, 1.807) is 27.5 Å². The molecule has 2 aliphatic heterocycles. The number of methoxy groups -OCH3 is 2. The van der Waals surface area contributed by atoms with Crippen molar-refractivity contribution in [3.63, 3.8) is 0 Å². The van der Waals surface area contributed by atoms with E-state index in [1.165, 1.54) is 6.66 Å². The molecule has 0 aromatic heterocycles. The molecule has 17 heteroatoms. The van der Waals surface area contributed by atoms with Crippen molar-refractivity contribution in [3.8, 4) is 23.0 Å². The summed E-state index contributed by atoms with van der Waals surface area (Å²) in [5.74, 6) is 1.83. The van der Waals surface area contributed by atoms with Crippen molar-refractivity contribution in [1.29, 1.82) is 0 Å². The molecular formula is C43H69NaO12P2Si2. The van der Waals surface area contributed by atoms with E-state index >= 15 is 0 Å². The van der Waals surface area contributed by atoms with Gasteiger partial charge >= 0.3 is 41.5 Å². The Labute approximate surface area is 383 Å². The van der Waals surface area contributed by atoms with Gasteiger partial charge in [-0.3, -0.25) is 4.57 Å². The molecule has 2 aromatic rings. The van der Waals surface area contributed by atoms with Gasteiger partial charge in [-0.15, -0.1) is 0 Å². The second-order valence-corrected chi connectivity index (χ2v) is 35.7. The molecule has 60 heavy (non-hydrogen) atoms. The van der Waals surface area contributed by atoms with Crippen LogP contribution in [0.3, 0.4) is 0 Å². The zero-order valence-electron chi connectivity index (χ0n) is 39.1. The van der Waals surface area contributed by atoms with Crippen LogP contribution in [-0.4, -0.2) is 98.2 Å². The third kappa shape index (κ3) is 16.2. The van der Waals surface area contributed by atoms with Crippen molar-refractivity contribution in [2.75, 3.05) is 59.8 Å². The minimum atomic E-state index is -3.14. The number of hydrogen-bond acceptors (Lipinski definition) is 11. The molecule has 2 aromatic carbocycles. The van der Waals surface area contributed by atoms with Crippen molar-refractivity contribution >= 4 is 42.6 Å². The molecule has 0 amide bonds. The summed E-state index contributed by atoms with van der Waals surface area (Å²) >= 11 is 0. The number of benzene rings is 2. The molecule has 0 bridgehead atoms. The molecule has 4 rings (SSSR count). The number of rotatable bonds is 18. The van der Waals surface area contributed by atoms with Crippen molar-refractivity contribution < 1.29 is 87.1 Å². The maximum Gasteiger partial charge on any atom is 1.00 e. The number of ether oxygens (including phenoxy) is 6. The van der Waals surface area contributed by atoms with Gasteiger partial charge in [-0.05, 0) is 77.1 Å². The van der Waals surface area contributed by atoms with E-state index in [4.69, 9.17) is 28.4 Å². The van der Waals surface area contributed by atoms with Crippen molar-refractivity contribution in [2.45, 2.75) is 105 Å². The molecule has 0 radical (unpaired) electrons. The first-order valence-corrected chi connectivity index (χ1v) is 32.4. The molecule has 0 saturated carbocycles. The molecule has 2 N–H and O–H groups in total. The van der Waals surface area contributed by atoms with Gasteiger partial charge in [-0.2, -0.15) is 0 Å². The number of allylic oxidation sites excluding steroid dienone is 4. The van der Waals surface area contributed by atoms with E-state index < -0.39 is 30.7 Å². The Hall–Kier alpha value is -2.13. The Bertz CT molecular complexity index is 1880. The van der Waals surface area contributed by atoms with Crippen LogP contribution in [0, 0.1) is 13.8 Å². The normalized spacial score (nSPS) is 14.9. The Balaban J connectivity index is 0.000000581. The quantitative estimate of drug-likeness (QED) is 0.0696. The average molecular weight is 919 g/mol. The monoisotopic (exact) mass is 918 g/mol. The topological polar surface area (TPSA) is 174 Å². The molecule has 332 valence electrons. The zero-order chi connectivity index (χ0) is 44.0. The van der Waals surface area contributed by atoms with Crippen LogP contribution in [0.5, 0.6) is 23.0 Å². The maximum atomic E-state index is 12.5. The average Bonchev–Trinajstić information content (AvgIpc) is 3.65. The number of fused-ring (bicyclic) bond motifs is 2. The molecule has 0 spiro atoms. The minimum Gasteiger partial charge on any atom is -0.870 e. The molecule has 0 aliphatic carbocycles. The number of cyclic esters (lactones) is 2. The fraction of sp³-hybridized carbons (Fsp3) is 0.581. The zero-order valence-corrected chi connectivity index (χ0v) is 44.9. The molecule has 0 saturated heterocycles. The van der Waals surface area contributed by atoms with Crippen LogP contribution >= 0.6 is 14.5 Å². The number of hydrogen-bond donors (Lipinski definition) is 1. The second kappa shape index (κ2) is 23.0. The largest absolute Gasteiger partial charge is 1.00 e. The third-order valence-electron chi connectivity index (χ3n) is 9.93. The van der Waals surface area contributed by atoms with Crippen LogP contribution in [0.1, 0.15) is 67.9 Å². The Kier molecular flexibility index (Phi) is 21.4. The van der Waals surface area contributed by atoms with E-state index in [0.29, 0.717) is 60.6 Å². The first-order valence-electron chi connectivity index (χ1n) is 19.9. The summed E-state index contributed by atoms with van der Waals surface area (Å²) < 4.78 is 58.3. The maximum absolute atomic E-state index is 12.5. The third-order valence-corrected chi connectivity index (χ3v) is 15.7. The summed E-state index contributed by atoms with van der Waals surface area (Å²) in [6, 6.07) is 1.96. The van der Waals surface area contributed by atoms with E-state index in [2.05, 4.69) is 45.4 Å². The van der Waals surface area contributed by atoms with E-state index in [1.807, 2.05) is 33.8 Å². The van der Waals surface area contributed by atoms with Gasteiger partial charge in [-0.1, -0.05) is 62.6 Å². The Morgan fingerprint density at radius 2 is 1.03 bits per heavy atom. The number of esters is 2. The van der Waals surface area contributed by atoms with Crippen LogP contribution < -0.4 is 48.5 Å². The summed E-state index contributed by atoms with van der Waals surface area (Å²) in [5.41, 5.74) is 8.00. The number of carbonyl (C=O) groups excluding carboxylic acids is 2. The summed E-state index contributed by atoms with van der Waals surface area (Å²) in [6.07, 6.45) is 5.67. The van der Waals surface area contributed by atoms with Crippen molar-refractivity contribution in [3.05, 3.63) is 67.8 Å². The predicted molar refractivity (Wildman–Crippen MR) is 243 cm³/mol. The Morgan fingerprint density at radius 3 is 1.33 bits per heavy atom. The van der Waals surface area contributed by atoms with Gasteiger partial charge < -0.3 is 43.4 Å². The fourth-order valence-electron chi connectivity index (χ4n) is 7.00. The first kappa shape index (κ1) is 55.9. The summed E-state index contributed by atoms with van der Waals surface area (Å²) in [6.45, 7) is 27.9. The molecule has 2 aliphatic rings. The van der Waals surface area contributed by atoms with E-state index in [-0.39, 0.29) is 66.3 Å².